The number of benzene rings is 1. The molecule has 1 saturated carbocycles. The van der Waals surface area contributed by atoms with Gasteiger partial charge in [-0.2, -0.15) is 0 Å². The molecule has 31 heavy (non-hydrogen) atoms. The van der Waals surface area contributed by atoms with Crippen molar-refractivity contribution < 1.29 is 28.8 Å². The smallest absolute Gasteiger partial charge is 0.288 e. The van der Waals surface area contributed by atoms with Crippen LogP contribution in [0, 0.1) is 0 Å². The minimum Gasteiger partial charge on any atom is -0.459 e. The van der Waals surface area contributed by atoms with E-state index in [1.807, 2.05) is 36.2 Å². The fourth-order valence-electron chi connectivity index (χ4n) is 4.52. The standard InChI is InChI=1S/C24H33NO6/c1-25(19-7-3-2-4-8-19)24(27)22-14-18(15-23(31-22)28-12-6-5-11-26)17-9-10-20-21(13-17)30-16-29-20/h9-10,13-14,18-19,23,26H,2-8,11-12,15-16H2,1H3. The Bertz CT molecular complexity index is 788. The Morgan fingerprint density at radius 1 is 1.16 bits per heavy atom. The molecule has 0 saturated heterocycles. The van der Waals surface area contributed by atoms with Crippen molar-refractivity contribution in [1.82, 2.24) is 4.90 Å². The van der Waals surface area contributed by atoms with Crippen LogP contribution >= 0.6 is 0 Å². The number of aliphatic hydroxyl groups excluding tert-OH is 1. The molecule has 2 unspecified atom stereocenters. The van der Waals surface area contributed by atoms with Crippen LogP contribution in [0.15, 0.2) is 30.0 Å². The zero-order valence-corrected chi connectivity index (χ0v) is 18.3. The number of unbranched alkanes of at least 4 members (excludes halogenated alkanes) is 1. The molecule has 1 amide bonds. The topological polar surface area (TPSA) is 77.5 Å². The van der Waals surface area contributed by atoms with Crippen molar-refractivity contribution in [3.05, 3.63) is 35.6 Å². The van der Waals surface area contributed by atoms with Crippen molar-refractivity contribution >= 4 is 5.91 Å². The predicted molar refractivity (Wildman–Crippen MR) is 115 cm³/mol. The Kier molecular flexibility index (Phi) is 7.35. The lowest BCUT2D eigenvalue weighted by atomic mass is 9.91. The Labute approximate surface area is 183 Å². The summed E-state index contributed by atoms with van der Waals surface area (Å²) in [5.74, 6) is 1.72. The van der Waals surface area contributed by atoms with E-state index in [1.165, 1.54) is 19.3 Å². The van der Waals surface area contributed by atoms with Gasteiger partial charge in [0, 0.05) is 32.0 Å². The Morgan fingerprint density at radius 3 is 2.77 bits per heavy atom. The summed E-state index contributed by atoms with van der Waals surface area (Å²) in [6.45, 7) is 0.860. The van der Waals surface area contributed by atoms with Crippen LogP contribution in [0.5, 0.6) is 11.5 Å². The molecule has 1 aromatic rings. The van der Waals surface area contributed by atoms with Gasteiger partial charge in [-0.05, 0) is 49.5 Å². The molecule has 0 radical (unpaired) electrons. The maximum Gasteiger partial charge on any atom is 0.288 e. The molecule has 1 N–H and O–H groups in total. The van der Waals surface area contributed by atoms with E-state index in [9.17, 15) is 4.79 Å². The van der Waals surface area contributed by atoms with Gasteiger partial charge in [0.15, 0.2) is 17.3 Å². The van der Waals surface area contributed by atoms with Gasteiger partial charge < -0.3 is 29.0 Å². The summed E-state index contributed by atoms with van der Waals surface area (Å²) >= 11 is 0. The number of rotatable bonds is 8. The number of hydrogen-bond acceptors (Lipinski definition) is 6. The van der Waals surface area contributed by atoms with Gasteiger partial charge in [-0.25, -0.2) is 0 Å². The van der Waals surface area contributed by atoms with E-state index in [0.717, 1.165) is 36.3 Å². The summed E-state index contributed by atoms with van der Waals surface area (Å²) in [6.07, 6.45) is 9.13. The third-order valence-electron chi connectivity index (χ3n) is 6.39. The molecule has 3 aliphatic rings. The number of allylic oxidation sites excluding steroid dienone is 1. The summed E-state index contributed by atoms with van der Waals surface area (Å²) in [5, 5.41) is 9.00. The van der Waals surface area contributed by atoms with Crippen molar-refractivity contribution in [1.29, 1.82) is 0 Å². The molecule has 2 aliphatic heterocycles. The van der Waals surface area contributed by atoms with E-state index in [0.29, 0.717) is 25.2 Å². The average Bonchev–Trinajstić information content (AvgIpc) is 3.29. The van der Waals surface area contributed by atoms with Crippen molar-refractivity contribution in [2.24, 2.45) is 0 Å². The Morgan fingerprint density at radius 2 is 1.97 bits per heavy atom. The van der Waals surface area contributed by atoms with Gasteiger partial charge in [0.25, 0.3) is 5.91 Å². The number of carbonyl (C=O) groups is 1. The first kappa shape index (κ1) is 22.0. The van der Waals surface area contributed by atoms with Crippen molar-refractivity contribution in [2.45, 2.75) is 69.6 Å². The minimum absolute atomic E-state index is 0.0233. The van der Waals surface area contributed by atoms with E-state index >= 15 is 0 Å². The second-order valence-electron chi connectivity index (χ2n) is 8.54. The third-order valence-corrected chi connectivity index (χ3v) is 6.39. The van der Waals surface area contributed by atoms with E-state index in [2.05, 4.69) is 0 Å². The maximum atomic E-state index is 13.3. The van der Waals surface area contributed by atoms with Gasteiger partial charge in [-0.1, -0.05) is 25.3 Å². The number of hydrogen-bond donors (Lipinski definition) is 1. The van der Waals surface area contributed by atoms with Crippen LogP contribution in [0.25, 0.3) is 0 Å². The van der Waals surface area contributed by atoms with Crippen molar-refractivity contribution in [2.75, 3.05) is 27.1 Å². The predicted octanol–water partition coefficient (Wildman–Crippen LogP) is 3.71. The summed E-state index contributed by atoms with van der Waals surface area (Å²) in [5.41, 5.74) is 1.04. The van der Waals surface area contributed by atoms with Crippen LogP contribution in [-0.2, 0) is 14.3 Å². The number of likely N-dealkylation sites (N-methyl/N-ethyl adjacent to an activating group) is 1. The molecule has 0 spiro atoms. The Balaban J connectivity index is 1.51. The first-order valence-electron chi connectivity index (χ1n) is 11.4. The number of amides is 1. The van der Waals surface area contributed by atoms with E-state index in [4.69, 9.17) is 24.1 Å². The second-order valence-corrected chi connectivity index (χ2v) is 8.54. The molecule has 7 heteroatoms. The van der Waals surface area contributed by atoms with Crippen LogP contribution in [0.1, 0.15) is 62.8 Å². The van der Waals surface area contributed by atoms with Gasteiger partial charge in [-0.15, -0.1) is 0 Å². The molecule has 0 bridgehead atoms. The SMILES string of the molecule is CN(C(=O)C1=CC(c2ccc3c(c2)OCO3)CC(OCCCCO)O1)C1CCCCC1. The minimum atomic E-state index is -0.502. The Hall–Kier alpha value is -2.25. The summed E-state index contributed by atoms with van der Waals surface area (Å²) in [6, 6.07) is 6.16. The number of ether oxygens (including phenoxy) is 4. The lowest BCUT2D eigenvalue weighted by Gasteiger charge is -2.34. The van der Waals surface area contributed by atoms with Crippen LogP contribution in [-0.4, -0.2) is 55.3 Å². The number of aliphatic hydroxyl groups is 1. The molecule has 4 rings (SSSR count). The summed E-state index contributed by atoms with van der Waals surface area (Å²) in [4.78, 5) is 15.1. The first-order valence-corrected chi connectivity index (χ1v) is 11.4. The highest BCUT2D eigenvalue weighted by atomic mass is 16.7. The molecular formula is C24H33NO6. The first-order chi connectivity index (χ1) is 15.2. The molecule has 1 aliphatic carbocycles. The van der Waals surface area contributed by atoms with Crippen LogP contribution < -0.4 is 9.47 Å². The number of carbonyl (C=O) groups excluding carboxylic acids is 1. The van der Waals surface area contributed by atoms with Crippen LogP contribution in [0.3, 0.4) is 0 Å². The fraction of sp³-hybridized carbons (Fsp3) is 0.625. The molecule has 7 nitrogen and oxygen atoms in total. The summed E-state index contributed by atoms with van der Waals surface area (Å²) < 4.78 is 22.9. The van der Waals surface area contributed by atoms with Gasteiger partial charge >= 0.3 is 0 Å². The molecular weight excluding hydrogens is 398 g/mol. The highest BCUT2D eigenvalue weighted by molar-refractivity contribution is 5.91. The van der Waals surface area contributed by atoms with E-state index in [1.54, 1.807) is 0 Å². The maximum absolute atomic E-state index is 13.3. The molecule has 1 aromatic carbocycles. The lowest BCUT2D eigenvalue weighted by Crippen LogP contribution is -2.41. The largest absolute Gasteiger partial charge is 0.459 e. The quantitative estimate of drug-likeness (QED) is 0.633. The third kappa shape index (κ3) is 5.33. The lowest BCUT2D eigenvalue weighted by molar-refractivity contribution is -0.153. The number of nitrogens with zero attached hydrogens (tertiary/aromatic N) is 1. The normalized spacial score (nSPS) is 23.2. The van der Waals surface area contributed by atoms with Gasteiger partial charge in [0.05, 0.1) is 6.61 Å². The zero-order valence-electron chi connectivity index (χ0n) is 18.3. The van der Waals surface area contributed by atoms with E-state index in [-0.39, 0.29) is 31.3 Å². The molecule has 2 atom stereocenters. The van der Waals surface area contributed by atoms with Gasteiger partial charge in [-0.3, -0.25) is 4.79 Å². The molecule has 170 valence electrons. The van der Waals surface area contributed by atoms with E-state index < -0.39 is 6.29 Å². The monoisotopic (exact) mass is 431 g/mol. The highest BCUT2D eigenvalue weighted by Crippen LogP contribution is 2.39. The average molecular weight is 432 g/mol. The highest BCUT2D eigenvalue weighted by Gasteiger charge is 2.33. The number of fused-ring (bicyclic) bond motifs is 1. The van der Waals surface area contributed by atoms with Crippen LogP contribution in [0.2, 0.25) is 0 Å². The van der Waals surface area contributed by atoms with Crippen molar-refractivity contribution in [3.8, 4) is 11.5 Å². The molecule has 0 aromatic heterocycles. The summed E-state index contributed by atoms with van der Waals surface area (Å²) in [7, 11) is 1.88. The molecule has 2 heterocycles. The van der Waals surface area contributed by atoms with Gasteiger partial charge in [0.2, 0.25) is 13.1 Å². The van der Waals surface area contributed by atoms with Crippen molar-refractivity contribution in [3.63, 3.8) is 0 Å². The zero-order chi connectivity index (χ0) is 21.6. The van der Waals surface area contributed by atoms with Gasteiger partial charge in [0.1, 0.15) is 0 Å². The second kappa shape index (κ2) is 10.4. The van der Waals surface area contributed by atoms with Crippen LogP contribution in [0.4, 0.5) is 0 Å². The molecule has 1 fully saturated rings. The fourth-order valence-corrected chi connectivity index (χ4v) is 4.52.